The Kier molecular flexibility index (Phi) is 2.99. The molecule has 0 spiro atoms. The number of rotatable bonds is 2. The Morgan fingerprint density at radius 3 is 2.67 bits per heavy atom. The Hall–Kier alpha value is -0.980. The van der Waals surface area contributed by atoms with E-state index >= 15 is 0 Å². The lowest BCUT2D eigenvalue weighted by atomic mass is 10.0. The average molecular weight is 203 g/mol. The van der Waals surface area contributed by atoms with Crippen LogP contribution in [0.25, 0.3) is 0 Å². The monoisotopic (exact) mass is 203 g/mol. The van der Waals surface area contributed by atoms with Crippen molar-refractivity contribution in [3.63, 3.8) is 0 Å². The van der Waals surface area contributed by atoms with E-state index in [-0.39, 0.29) is 0 Å². The van der Waals surface area contributed by atoms with Gasteiger partial charge in [-0.1, -0.05) is 32.0 Å². The molecule has 0 bridgehead atoms. The van der Waals surface area contributed by atoms with E-state index < -0.39 is 0 Å². The highest BCUT2D eigenvalue weighted by atomic mass is 15.2. The largest absolute Gasteiger partial charge is 0.368 e. The van der Waals surface area contributed by atoms with Gasteiger partial charge < -0.3 is 4.90 Å². The fourth-order valence-corrected chi connectivity index (χ4v) is 2.67. The molecule has 82 valence electrons. The van der Waals surface area contributed by atoms with Gasteiger partial charge in [-0.25, -0.2) is 0 Å². The standard InChI is InChI=1S/C14H21N/c1-11(2)13-9-6-10-15(13)14-8-5-4-7-12(14)3/h4-5,7-8,11,13H,6,9-10H2,1-3H3. The molecule has 1 aliphatic rings. The van der Waals surface area contributed by atoms with Crippen LogP contribution in [-0.4, -0.2) is 12.6 Å². The topological polar surface area (TPSA) is 3.24 Å². The summed E-state index contributed by atoms with van der Waals surface area (Å²) in [5, 5.41) is 0. The molecule has 1 nitrogen and oxygen atoms in total. The molecule has 0 aromatic heterocycles. The molecule has 1 atom stereocenters. The summed E-state index contributed by atoms with van der Waals surface area (Å²) in [6.07, 6.45) is 2.70. The lowest BCUT2D eigenvalue weighted by molar-refractivity contribution is 0.491. The quantitative estimate of drug-likeness (QED) is 0.709. The second-order valence-electron chi connectivity index (χ2n) is 4.93. The number of nitrogens with zero attached hydrogens (tertiary/aromatic N) is 1. The second kappa shape index (κ2) is 4.26. The Balaban J connectivity index is 2.27. The van der Waals surface area contributed by atoms with Gasteiger partial charge in [0.05, 0.1) is 0 Å². The molecule has 1 heteroatoms. The van der Waals surface area contributed by atoms with E-state index in [1.54, 1.807) is 0 Å². The van der Waals surface area contributed by atoms with E-state index in [9.17, 15) is 0 Å². The molecule has 0 radical (unpaired) electrons. The lowest BCUT2D eigenvalue weighted by Gasteiger charge is -2.30. The molecule has 2 rings (SSSR count). The van der Waals surface area contributed by atoms with Crippen LogP contribution in [0.2, 0.25) is 0 Å². The Bertz CT molecular complexity index is 330. The first kappa shape index (κ1) is 10.5. The molecule has 1 aliphatic heterocycles. The van der Waals surface area contributed by atoms with Crippen molar-refractivity contribution in [1.82, 2.24) is 0 Å². The van der Waals surface area contributed by atoms with Crippen LogP contribution < -0.4 is 4.90 Å². The highest BCUT2D eigenvalue weighted by Gasteiger charge is 2.27. The van der Waals surface area contributed by atoms with Crippen LogP contribution in [0.3, 0.4) is 0 Å². The summed E-state index contributed by atoms with van der Waals surface area (Å²) in [6.45, 7) is 8.11. The van der Waals surface area contributed by atoms with Crippen LogP contribution >= 0.6 is 0 Å². The molecule has 15 heavy (non-hydrogen) atoms. The maximum Gasteiger partial charge on any atom is 0.0398 e. The molecule has 1 aromatic carbocycles. The Morgan fingerprint density at radius 1 is 1.27 bits per heavy atom. The Morgan fingerprint density at radius 2 is 2.00 bits per heavy atom. The first-order valence-corrected chi connectivity index (χ1v) is 6.02. The van der Waals surface area contributed by atoms with Crippen molar-refractivity contribution < 1.29 is 0 Å². The van der Waals surface area contributed by atoms with E-state index in [4.69, 9.17) is 0 Å². The third kappa shape index (κ3) is 2.01. The first-order valence-electron chi connectivity index (χ1n) is 6.02. The summed E-state index contributed by atoms with van der Waals surface area (Å²) >= 11 is 0. The summed E-state index contributed by atoms with van der Waals surface area (Å²) in [4.78, 5) is 2.60. The van der Waals surface area contributed by atoms with Gasteiger partial charge in [0.25, 0.3) is 0 Å². The van der Waals surface area contributed by atoms with E-state index in [0.717, 1.165) is 12.0 Å². The SMILES string of the molecule is Cc1ccccc1N1CCCC1C(C)C. The van der Waals surface area contributed by atoms with Gasteiger partial charge in [-0.15, -0.1) is 0 Å². The molecule has 1 aromatic rings. The molecule has 0 amide bonds. The minimum absolute atomic E-state index is 0.742. The van der Waals surface area contributed by atoms with Gasteiger partial charge in [-0.2, -0.15) is 0 Å². The van der Waals surface area contributed by atoms with Gasteiger partial charge >= 0.3 is 0 Å². The lowest BCUT2D eigenvalue weighted by Crippen LogP contribution is -2.33. The van der Waals surface area contributed by atoms with Gasteiger partial charge in [0.2, 0.25) is 0 Å². The van der Waals surface area contributed by atoms with E-state index in [1.807, 2.05) is 0 Å². The molecular weight excluding hydrogens is 182 g/mol. The van der Waals surface area contributed by atoms with Crippen LogP contribution in [0.4, 0.5) is 5.69 Å². The number of benzene rings is 1. The number of hydrogen-bond donors (Lipinski definition) is 0. The molecule has 0 saturated carbocycles. The zero-order chi connectivity index (χ0) is 10.8. The summed E-state index contributed by atoms with van der Waals surface area (Å²) in [5.41, 5.74) is 2.85. The van der Waals surface area contributed by atoms with Gasteiger partial charge in [0, 0.05) is 18.3 Å². The van der Waals surface area contributed by atoms with Crippen LogP contribution in [-0.2, 0) is 0 Å². The van der Waals surface area contributed by atoms with Crippen molar-refractivity contribution in [3.8, 4) is 0 Å². The fraction of sp³-hybridized carbons (Fsp3) is 0.571. The van der Waals surface area contributed by atoms with Crippen molar-refractivity contribution in [2.75, 3.05) is 11.4 Å². The van der Waals surface area contributed by atoms with Crippen molar-refractivity contribution in [2.45, 2.75) is 39.7 Å². The second-order valence-corrected chi connectivity index (χ2v) is 4.93. The maximum absolute atomic E-state index is 2.60. The molecule has 0 N–H and O–H groups in total. The van der Waals surface area contributed by atoms with Gasteiger partial charge in [-0.3, -0.25) is 0 Å². The predicted molar refractivity (Wildman–Crippen MR) is 66.4 cm³/mol. The third-order valence-corrected chi connectivity index (χ3v) is 3.49. The maximum atomic E-state index is 2.60. The zero-order valence-electron chi connectivity index (χ0n) is 10.0. The van der Waals surface area contributed by atoms with Gasteiger partial charge in [0.1, 0.15) is 0 Å². The summed E-state index contributed by atoms with van der Waals surface area (Å²) in [6, 6.07) is 9.49. The van der Waals surface area contributed by atoms with E-state index in [0.29, 0.717) is 0 Å². The molecule has 1 heterocycles. The highest BCUT2D eigenvalue weighted by Crippen LogP contribution is 2.31. The van der Waals surface area contributed by atoms with Gasteiger partial charge in [-0.05, 0) is 37.3 Å². The van der Waals surface area contributed by atoms with Crippen molar-refractivity contribution in [1.29, 1.82) is 0 Å². The number of hydrogen-bond acceptors (Lipinski definition) is 1. The number of aryl methyl sites for hydroxylation is 1. The van der Waals surface area contributed by atoms with E-state index in [1.165, 1.54) is 30.6 Å². The smallest absolute Gasteiger partial charge is 0.0398 e. The minimum Gasteiger partial charge on any atom is -0.368 e. The van der Waals surface area contributed by atoms with Gasteiger partial charge in [0.15, 0.2) is 0 Å². The molecular formula is C14H21N. The van der Waals surface area contributed by atoms with Crippen LogP contribution in [0.5, 0.6) is 0 Å². The Labute approximate surface area is 93.1 Å². The van der Waals surface area contributed by atoms with E-state index in [2.05, 4.69) is 49.9 Å². The normalized spacial score (nSPS) is 21.3. The molecule has 0 aliphatic carbocycles. The van der Waals surface area contributed by atoms with Crippen LogP contribution in [0.15, 0.2) is 24.3 Å². The number of anilines is 1. The predicted octanol–water partition coefficient (Wildman–Crippen LogP) is 3.62. The summed E-state index contributed by atoms with van der Waals surface area (Å²) < 4.78 is 0. The summed E-state index contributed by atoms with van der Waals surface area (Å²) in [7, 11) is 0. The van der Waals surface area contributed by atoms with Crippen LogP contribution in [0.1, 0.15) is 32.3 Å². The molecule has 1 saturated heterocycles. The third-order valence-electron chi connectivity index (χ3n) is 3.49. The minimum atomic E-state index is 0.742. The van der Waals surface area contributed by atoms with Crippen molar-refractivity contribution in [3.05, 3.63) is 29.8 Å². The fourth-order valence-electron chi connectivity index (χ4n) is 2.67. The average Bonchev–Trinajstić information content (AvgIpc) is 2.67. The molecule has 1 fully saturated rings. The number of para-hydroxylation sites is 1. The molecule has 1 unspecified atom stereocenters. The highest BCUT2D eigenvalue weighted by molar-refractivity contribution is 5.54. The van der Waals surface area contributed by atoms with Crippen LogP contribution in [0, 0.1) is 12.8 Å². The summed E-state index contributed by atoms with van der Waals surface area (Å²) in [5.74, 6) is 0.757. The van der Waals surface area contributed by atoms with Crippen molar-refractivity contribution >= 4 is 5.69 Å². The first-order chi connectivity index (χ1) is 7.20. The van der Waals surface area contributed by atoms with Crippen molar-refractivity contribution in [2.24, 2.45) is 5.92 Å². The zero-order valence-corrected chi connectivity index (χ0v) is 10.0.